The zero-order valence-electron chi connectivity index (χ0n) is 17.9. The maximum absolute atomic E-state index is 12.9. The second kappa shape index (κ2) is 8.81. The minimum Gasteiger partial charge on any atom is -0.493 e. The lowest BCUT2D eigenvalue weighted by molar-refractivity contribution is 0.262. The third kappa shape index (κ3) is 4.11. The zero-order valence-corrected chi connectivity index (χ0v) is 17.9. The molecule has 162 valence electrons. The molecule has 2 amide bonds. The average molecular weight is 430 g/mol. The molecular formula is C24H22N4O4. The molecule has 4 aromatic rings. The first-order chi connectivity index (χ1) is 15.5. The number of anilines is 2. The van der Waals surface area contributed by atoms with Crippen LogP contribution in [-0.4, -0.2) is 29.8 Å². The summed E-state index contributed by atoms with van der Waals surface area (Å²) < 4.78 is 12.0. The monoisotopic (exact) mass is 430 g/mol. The molecule has 0 saturated carbocycles. The molecule has 1 aromatic heterocycles. The number of ether oxygens (including phenoxy) is 2. The van der Waals surface area contributed by atoms with Crippen LogP contribution in [0.25, 0.3) is 16.6 Å². The van der Waals surface area contributed by atoms with Crippen LogP contribution in [-0.2, 0) is 0 Å². The van der Waals surface area contributed by atoms with Gasteiger partial charge in [-0.1, -0.05) is 12.1 Å². The standard InChI is InChI=1S/C24H22N4O4/c1-15-25-20-7-5-4-6-19(20)23(29)28(15)18-11-8-16(9-12-18)26-24(30)27-17-10-13-21(31-2)22(14-17)32-3/h4-14H,1-3H3,(H2,26,27,30). The molecule has 0 aliphatic carbocycles. The summed E-state index contributed by atoms with van der Waals surface area (Å²) in [5, 5.41) is 6.07. The third-order valence-corrected chi connectivity index (χ3v) is 4.97. The van der Waals surface area contributed by atoms with Crippen molar-refractivity contribution in [2.45, 2.75) is 6.92 Å². The summed E-state index contributed by atoms with van der Waals surface area (Å²) in [6.45, 7) is 1.79. The number of methoxy groups -OCH3 is 2. The van der Waals surface area contributed by atoms with Crippen LogP contribution in [0.15, 0.2) is 71.5 Å². The van der Waals surface area contributed by atoms with Crippen LogP contribution in [0.5, 0.6) is 11.5 Å². The molecule has 3 aromatic carbocycles. The molecule has 0 fully saturated rings. The predicted octanol–water partition coefficient (Wildman–Crippen LogP) is 4.36. The molecule has 8 heteroatoms. The Bertz CT molecular complexity index is 1350. The summed E-state index contributed by atoms with van der Waals surface area (Å²) in [6, 6.07) is 18.9. The number of aromatic nitrogens is 2. The topological polar surface area (TPSA) is 94.5 Å². The Balaban J connectivity index is 1.52. The van der Waals surface area contributed by atoms with Gasteiger partial charge in [0.25, 0.3) is 5.56 Å². The largest absolute Gasteiger partial charge is 0.493 e. The predicted molar refractivity (Wildman–Crippen MR) is 124 cm³/mol. The van der Waals surface area contributed by atoms with Crippen LogP contribution in [0, 0.1) is 6.92 Å². The van der Waals surface area contributed by atoms with E-state index in [4.69, 9.17) is 9.47 Å². The molecule has 32 heavy (non-hydrogen) atoms. The molecule has 0 spiro atoms. The number of hydrogen-bond donors (Lipinski definition) is 2. The van der Waals surface area contributed by atoms with Gasteiger partial charge < -0.3 is 20.1 Å². The van der Waals surface area contributed by atoms with Gasteiger partial charge in [-0.3, -0.25) is 9.36 Å². The number of urea groups is 1. The van der Waals surface area contributed by atoms with Gasteiger partial charge in [0, 0.05) is 17.4 Å². The van der Waals surface area contributed by atoms with Crippen LogP contribution in [0.4, 0.5) is 16.2 Å². The summed E-state index contributed by atoms with van der Waals surface area (Å²) in [7, 11) is 3.08. The molecule has 0 atom stereocenters. The lowest BCUT2D eigenvalue weighted by Gasteiger charge is -2.13. The van der Waals surface area contributed by atoms with Gasteiger partial charge in [0.1, 0.15) is 5.82 Å². The van der Waals surface area contributed by atoms with E-state index in [1.807, 2.05) is 18.2 Å². The highest BCUT2D eigenvalue weighted by Gasteiger charge is 2.11. The fraction of sp³-hybridized carbons (Fsp3) is 0.125. The van der Waals surface area contributed by atoms with Gasteiger partial charge in [0.2, 0.25) is 0 Å². The van der Waals surface area contributed by atoms with Crippen molar-refractivity contribution in [2.75, 3.05) is 24.9 Å². The Morgan fingerprint density at radius 2 is 1.53 bits per heavy atom. The summed E-state index contributed by atoms with van der Waals surface area (Å²) >= 11 is 0. The summed E-state index contributed by atoms with van der Waals surface area (Å²) in [5.41, 5.74) is 2.32. The Kier molecular flexibility index (Phi) is 5.76. The van der Waals surface area contributed by atoms with Crippen molar-refractivity contribution in [3.63, 3.8) is 0 Å². The van der Waals surface area contributed by atoms with E-state index >= 15 is 0 Å². The van der Waals surface area contributed by atoms with Gasteiger partial charge >= 0.3 is 6.03 Å². The third-order valence-electron chi connectivity index (χ3n) is 4.97. The number of carbonyl (C=O) groups excluding carboxylic acids is 1. The first-order valence-corrected chi connectivity index (χ1v) is 9.89. The number of para-hydroxylation sites is 1. The average Bonchev–Trinajstić information content (AvgIpc) is 2.80. The van der Waals surface area contributed by atoms with Crippen molar-refractivity contribution in [1.29, 1.82) is 0 Å². The van der Waals surface area contributed by atoms with E-state index in [0.29, 0.717) is 45.3 Å². The number of nitrogens with one attached hydrogen (secondary N) is 2. The van der Waals surface area contributed by atoms with Crippen LogP contribution >= 0.6 is 0 Å². The highest BCUT2D eigenvalue weighted by Crippen LogP contribution is 2.29. The fourth-order valence-corrected chi connectivity index (χ4v) is 3.45. The van der Waals surface area contributed by atoms with Crippen molar-refractivity contribution in [3.8, 4) is 17.2 Å². The summed E-state index contributed by atoms with van der Waals surface area (Å²) in [5.74, 6) is 1.67. The van der Waals surface area contributed by atoms with E-state index in [-0.39, 0.29) is 5.56 Å². The first-order valence-electron chi connectivity index (χ1n) is 9.89. The number of fused-ring (bicyclic) bond motifs is 1. The maximum atomic E-state index is 12.9. The van der Waals surface area contributed by atoms with Gasteiger partial charge in [-0.15, -0.1) is 0 Å². The number of benzene rings is 3. The first kappa shape index (κ1) is 20.9. The van der Waals surface area contributed by atoms with Crippen LogP contribution in [0.1, 0.15) is 5.82 Å². The molecule has 8 nitrogen and oxygen atoms in total. The second-order valence-corrected chi connectivity index (χ2v) is 7.01. The van der Waals surface area contributed by atoms with Crippen molar-refractivity contribution < 1.29 is 14.3 Å². The summed E-state index contributed by atoms with van der Waals surface area (Å²) in [6.07, 6.45) is 0. The highest BCUT2D eigenvalue weighted by molar-refractivity contribution is 6.00. The van der Waals surface area contributed by atoms with Crippen LogP contribution in [0.2, 0.25) is 0 Å². The van der Waals surface area contributed by atoms with Crippen molar-refractivity contribution in [2.24, 2.45) is 0 Å². The number of aryl methyl sites for hydroxylation is 1. The van der Waals surface area contributed by atoms with Crippen molar-refractivity contribution in [3.05, 3.63) is 82.9 Å². The van der Waals surface area contributed by atoms with E-state index in [9.17, 15) is 9.59 Å². The lowest BCUT2D eigenvalue weighted by Crippen LogP contribution is -2.22. The Labute approximate surface area is 184 Å². The van der Waals surface area contributed by atoms with E-state index in [1.54, 1.807) is 67.1 Å². The smallest absolute Gasteiger partial charge is 0.323 e. The molecular weight excluding hydrogens is 408 g/mol. The number of nitrogens with zero attached hydrogens (tertiary/aromatic N) is 2. The van der Waals surface area contributed by atoms with Crippen LogP contribution in [0.3, 0.4) is 0 Å². The highest BCUT2D eigenvalue weighted by atomic mass is 16.5. The lowest BCUT2D eigenvalue weighted by atomic mass is 10.2. The molecule has 0 aliphatic heterocycles. The summed E-state index contributed by atoms with van der Waals surface area (Å²) in [4.78, 5) is 29.8. The molecule has 0 unspecified atom stereocenters. The number of rotatable bonds is 5. The van der Waals surface area contributed by atoms with Crippen molar-refractivity contribution in [1.82, 2.24) is 9.55 Å². The Morgan fingerprint density at radius 3 is 2.25 bits per heavy atom. The number of carbonyl (C=O) groups is 1. The van der Waals surface area contributed by atoms with E-state index in [2.05, 4.69) is 15.6 Å². The molecule has 0 aliphatic rings. The van der Waals surface area contributed by atoms with Crippen molar-refractivity contribution >= 4 is 28.3 Å². The second-order valence-electron chi connectivity index (χ2n) is 7.01. The van der Waals surface area contributed by atoms with E-state index in [1.165, 1.54) is 7.11 Å². The van der Waals surface area contributed by atoms with Gasteiger partial charge in [0.05, 0.1) is 30.8 Å². The number of hydrogen-bond acceptors (Lipinski definition) is 5. The normalized spacial score (nSPS) is 10.6. The molecule has 0 bridgehead atoms. The van der Waals surface area contributed by atoms with Gasteiger partial charge in [-0.2, -0.15) is 0 Å². The molecule has 1 heterocycles. The van der Waals surface area contributed by atoms with Gasteiger partial charge in [0.15, 0.2) is 11.5 Å². The van der Waals surface area contributed by atoms with E-state index < -0.39 is 6.03 Å². The maximum Gasteiger partial charge on any atom is 0.323 e. The van der Waals surface area contributed by atoms with Gasteiger partial charge in [-0.05, 0) is 55.5 Å². The van der Waals surface area contributed by atoms with Gasteiger partial charge in [-0.25, -0.2) is 9.78 Å². The minimum absolute atomic E-state index is 0.139. The Morgan fingerprint density at radius 1 is 0.875 bits per heavy atom. The quantitative estimate of drug-likeness (QED) is 0.491. The molecule has 0 radical (unpaired) electrons. The Hall–Kier alpha value is -4.33. The molecule has 0 saturated heterocycles. The van der Waals surface area contributed by atoms with E-state index in [0.717, 1.165) is 0 Å². The molecule has 4 rings (SSSR count). The minimum atomic E-state index is -0.411. The SMILES string of the molecule is COc1ccc(NC(=O)Nc2ccc(-n3c(C)nc4ccccc4c3=O)cc2)cc1OC. The fourth-order valence-electron chi connectivity index (χ4n) is 3.45. The molecule has 2 N–H and O–H groups in total. The van der Waals surface area contributed by atoms with Crippen LogP contribution < -0.4 is 25.7 Å². The zero-order chi connectivity index (χ0) is 22.7. The number of amides is 2.